The fraction of sp³-hybridized carbons (Fsp3) is 0.231. The maximum atomic E-state index is 11.8. The van der Waals surface area contributed by atoms with Gasteiger partial charge in [-0.15, -0.1) is 0 Å². The summed E-state index contributed by atoms with van der Waals surface area (Å²) in [6.07, 6.45) is 4.00. The van der Waals surface area contributed by atoms with Gasteiger partial charge in [0.05, 0.1) is 18.2 Å². The van der Waals surface area contributed by atoms with Gasteiger partial charge in [0.25, 0.3) is 0 Å². The van der Waals surface area contributed by atoms with Gasteiger partial charge in [0, 0.05) is 23.9 Å². The van der Waals surface area contributed by atoms with Crippen molar-refractivity contribution in [3.8, 4) is 0 Å². The summed E-state index contributed by atoms with van der Waals surface area (Å²) in [6, 6.07) is 26.5. The van der Waals surface area contributed by atoms with Gasteiger partial charge in [-0.05, 0) is 121 Å². The van der Waals surface area contributed by atoms with Crippen molar-refractivity contribution >= 4 is 54.1 Å². The minimum atomic E-state index is -3.32. The molecule has 0 heterocycles. The van der Waals surface area contributed by atoms with Crippen LogP contribution in [-0.2, 0) is 32.9 Å². The lowest BCUT2D eigenvalue weighted by Crippen LogP contribution is -2.24. The van der Waals surface area contributed by atoms with Crippen molar-refractivity contribution in [3.63, 3.8) is 0 Å². The van der Waals surface area contributed by atoms with Gasteiger partial charge < -0.3 is 0 Å². The van der Waals surface area contributed by atoms with Crippen molar-refractivity contribution < 1.29 is 26.4 Å². The van der Waals surface area contributed by atoms with Crippen molar-refractivity contribution in [2.24, 2.45) is 0 Å². The maximum Gasteiger partial charge on any atom is 0.231 e. The van der Waals surface area contributed by atoms with E-state index in [2.05, 4.69) is 18.6 Å². The summed E-state index contributed by atoms with van der Waals surface area (Å²) in [5, 5.41) is 0. The molecule has 254 valence electrons. The van der Waals surface area contributed by atoms with Gasteiger partial charge in [0.1, 0.15) is 0 Å². The molecule has 4 aromatic rings. The lowest BCUT2D eigenvalue weighted by atomic mass is 9.95. The number of sulfonamides is 2. The molecule has 0 radical (unpaired) electrons. The normalized spacial score (nSPS) is 13.8. The van der Waals surface area contributed by atoms with E-state index in [9.17, 15) is 26.4 Å². The van der Waals surface area contributed by atoms with E-state index in [0.29, 0.717) is 22.5 Å². The third-order valence-electron chi connectivity index (χ3n) is 8.79. The zero-order chi connectivity index (χ0) is 35.8. The van der Waals surface area contributed by atoms with Gasteiger partial charge in [0.2, 0.25) is 20.0 Å². The highest BCUT2D eigenvalue weighted by Crippen LogP contribution is 2.40. The Morgan fingerprint density at radius 3 is 1.57 bits per heavy atom. The van der Waals surface area contributed by atoms with E-state index < -0.39 is 20.0 Å². The molecule has 0 spiro atoms. The number of carbonyl (C=O) groups is 2. The number of hydrogen-bond acceptors (Lipinski definition) is 6. The number of nitrogens with one attached hydrogen (secondary N) is 1. The monoisotopic (exact) mass is 696 g/mol. The lowest BCUT2D eigenvalue weighted by Gasteiger charge is -2.18. The largest absolute Gasteiger partial charge is 0.295 e. The molecule has 4 aromatic carbocycles. The van der Waals surface area contributed by atoms with Crippen LogP contribution in [0.5, 0.6) is 0 Å². The van der Waals surface area contributed by atoms with Crippen molar-refractivity contribution in [1.29, 1.82) is 0 Å². The van der Waals surface area contributed by atoms with Crippen LogP contribution in [0.2, 0.25) is 0 Å². The zero-order valence-electron chi connectivity index (χ0n) is 28.7. The average molecular weight is 697 g/mol. The van der Waals surface area contributed by atoms with Crippen LogP contribution in [-0.4, -0.2) is 48.0 Å². The molecular weight excluding hydrogens is 657 g/mol. The molecule has 0 amide bonds. The predicted octanol–water partition coefficient (Wildman–Crippen LogP) is 7.30. The van der Waals surface area contributed by atoms with Crippen LogP contribution in [0, 0.1) is 0 Å². The lowest BCUT2D eigenvalue weighted by molar-refractivity contribution is 0.100. The second-order valence-electron chi connectivity index (χ2n) is 12.8. The Labute approximate surface area is 289 Å². The van der Waals surface area contributed by atoms with Crippen LogP contribution >= 0.6 is 0 Å². The molecule has 6 rings (SSSR count). The van der Waals surface area contributed by atoms with Crippen LogP contribution in [0.4, 0.5) is 11.4 Å². The summed E-state index contributed by atoms with van der Waals surface area (Å²) in [6.45, 7) is 7.27. The molecule has 49 heavy (non-hydrogen) atoms. The Bertz CT molecular complexity index is 2300. The first kappa shape index (κ1) is 35.5. The summed E-state index contributed by atoms with van der Waals surface area (Å²) >= 11 is 0. The van der Waals surface area contributed by atoms with Gasteiger partial charge >= 0.3 is 0 Å². The molecule has 0 fully saturated rings. The van der Waals surface area contributed by atoms with Crippen LogP contribution in [0.3, 0.4) is 0 Å². The van der Waals surface area contributed by atoms with E-state index in [1.165, 1.54) is 32.8 Å². The van der Waals surface area contributed by atoms with Crippen LogP contribution < -0.4 is 9.03 Å². The highest BCUT2D eigenvalue weighted by molar-refractivity contribution is 7.92. The summed E-state index contributed by atoms with van der Waals surface area (Å²) < 4.78 is 50.3. The molecule has 0 atom stereocenters. The number of Topliss-reactive ketones (excluding diaryl/α,β-unsaturated/α-hetero) is 2. The molecule has 2 aliphatic carbocycles. The van der Waals surface area contributed by atoms with Gasteiger partial charge in [-0.25, -0.2) is 16.8 Å². The molecule has 0 saturated carbocycles. The smallest absolute Gasteiger partial charge is 0.231 e. The van der Waals surface area contributed by atoms with Gasteiger partial charge in [-0.3, -0.25) is 18.6 Å². The molecule has 10 heteroatoms. The Morgan fingerprint density at radius 1 is 0.653 bits per heavy atom. The third kappa shape index (κ3) is 7.92. The molecule has 0 aromatic heterocycles. The summed E-state index contributed by atoms with van der Waals surface area (Å²) in [4.78, 5) is 23.4. The highest BCUT2D eigenvalue weighted by atomic mass is 32.2. The Hall–Kier alpha value is -4.80. The number of nitrogens with zero attached hydrogens (tertiary/aromatic N) is 1. The number of ketones is 2. The second-order valence-corrected chi connectivity index (χ2v) is 16.5. The quantitative estimate of drug-likeness (QED) is 0.193. The fourth-order valence-corrected chi connectivity index (χ4v) is 7.43. The minimum absolute atomic E-state index is 0.0363. The van der Waals surface area contributed by atoms with Gasteiger partial charge in [-0.1, -0.05) is 59.7 Å². The van der Waals surface area contributed by atoms with Crippen LogP contribution in [0.15, 0.2) is 96.1 Å². The van der Waals surface area contributed by atoms with Crippen molar-refractivity contribution in [3.05, 3.63) is 141 Å². The summed E-state index contributed by atoms with van der Waals surface area (Å²) in [7, 11) is -5.09. The highest BCUT2D eigenvalue weighted by Gasteiger charge is 2.23. The predicted molar refractivity (Wildman–Crippen MR) is 198 cm³/mol. The average Bonchev–Trinajstić information content (AvgIpc) is 3.53. The van der Waals surface area contributed by atoms with Crippen molar-refractivity contribution in [2.75, 3.05) is 28.6 Å². The minimum Gasteiger partial charge on any atom is -0.295 e. The Morgan fingerprint density at radius 2 is 1.12 bits per heavy atom. The fourth-order valence-electron chi connectivity index (χ4n) is 6.38. The first-order valence-electron chi connectivity index (χ1n) is 15.7. The van der Waals surface area contributed by atoms with Gasteiger partial charge in [-0.2, -0.15) is 0 Å². The Kier molecular flexibility index (Phi) is 9.86. The molecule has 0 unspecified atom stereocenters. The zero-order valence-corrected chi connectivity index (χ0v) is 30.3. The van der Waals surface area contributed by atoms with Crippen LogP contribution in [0.1, 0.15) is 81.8 Å². The standard InChI is InChI=1S/C20H21NO3S.C19H19NO3S/c1-13-10-16-9-8-15(14(2)22)12-19(16)20(13)17-6-5-7-18(11-17)21(3)25(4,23)24;1-12-9-15-8-7-14(13(2)21)11-18(15)19(12)16-5-4-6-17(10-16)20-24(3,22)23/h5-9,11-12H,10H2,1-4H3;4-8,10-11,20H,9H2,1-3H3. The first-order valence-corrected chi connectivity index (χ1v) is 19.5. The molecule has 2 aliphatic rings. The number of hydrogen-bond donors (Lipinski definition) is 1. The number of anilines is 2. The molecule has 0 bridgehead atoms. The maximum absolute atomic E-state index is 11.8. The molecular formula is C39H40N2O6S2. The van der Waals surface area contributed by atoms with E-state index in [4.69, 9.17) is 0 Å². The van der Waals surface area contributed by atoms with E-state index in [1.54, 1.807) is 33.0 Å². The number of benzene rings is 4. The van der Waals surface area contributed by atoms with E-state index in [1.807, 2.05) is 72.8 Å². The summed E-state index contributed by atoms with van der Waals surface area (Å²) in [5.41, 5.74) is 13.5. The van der Waals surface area contributed by atoms with E-state index >= 15 is 0 Å². The molecule has 8 nitrogen and oxygen atoms in total. The van der Waals surface area contributed by atoms with Gasteiger partial charge in [0.15, 0.2) is 11.6 Å². The Balaban J connectivity index is 0.000000191. The number of carbonyl (C=O) groups excluding carboxylic acids is 2. The molecule has 0 aliphatic heterocycles. The number of allylic oxidation sites excluding steroid dienone is 2. The molecule has 1 N–H and O–H groups in total. The summed E-state index contributed by atoms with van der Waals surface area (Å²) in [5.74, 6) is 0.0754. The topological polar surface area (TPSA) is 118 Å². The molecule has 0 saturated heterocycles. The number of rotatable bonds is 8. The third-order valence-corrected chi connectivity index (χ3v) is 10.6. The van der Waals surface area contributed by atoms with Crippen molar-refractivity contribution in [2.45, 2.75) is 40.5 Å². The first-order chi connectivity index (χ1) is 22.9. The van der Waals surface area contributed by atoms with Crippen LogP contribution in [0.25, 0.3) is 11.1 Å². The number of fused-ring (bicyclic) bond motifs is 2. The van der Waals surface area contributed by atoms with E-state index in [0.717, 1.165) is 52.5 Å². The van der Waals surface area contributed by atoms with Crippen molar-refractivity contribution in [1.82, 2.24) is 0 Å². The van der Waals surface area contributed by atoms with E-state index in [-0.39, 0.29) is 11.6 Å². The SMILES string of the molecule is CC(=O)c1ccc2c(c1)C(c1cccc(N(C)S(C)(=O)=O)c1)=C(C)C2.CC(=O)c1ccc2c(c1)C(c1cccc(NS(C)(=O)=O)c1)=C(C)C2. The second kappa shape index (κ2) is 13.6.